The Bertz CT molecular complexity index is 223. The maximum Gasteiger partial charge on any atom is 0.422 e. The third kappa shape index (κ3) is 4.51. The van der Waals surface area contributed by atoms with Crippen molar-refractivity contribution in [3.05, 3.63) is 0 Å². The summed E-state index contributed by atoms with van der Waals surface area (Å²) in [5, 5.41) is 0. The molecule has 1 aliphatic carbocycles. The zero-order valence-corrected chi connectivity index (χ0v) is 10.1. The molecule has 15 heavy (non-hydrogen) atoms. The lowest BCUT2D eigenvalue weighted by atomic mass is 10.1. The molecule has 0 unspecified atom stereocenters. The molecular weight excluding hydrogens is 192 g/mol. The van der Waals surface area contributed by atoms with E-state index < -0.39 is 11.7 Å². The Hall–Kier alpha value is -0.770. The maximum atomic E-state index is 11.3. The van der Waals surface area contributed by atoms with E-state index in [0.717, 1.165) is 6.42 Å². The topological polar surface area (TPSA) is 50.4 Å². The summed E-state index contributed by atoms with van der Waals surface area (Å²) in [6, 6.07) is 0.387. The van der Waals surface area contributed by atoms with Gasteiger partial charge in [0.05, 0.1) is 0 Å². The molecule has 1 fully saturated rings. The molecule has 88 valence electrons. The summed E-state index contributed by atoms with van der Waals surface area (Å²) < 4.78 is 5.12. The molecule has 1 amide bonds. The van der Waals surface area contributed by atoms with Gasteiger partial charge < -0.3 is 4.74 Å². The summed E-state index contributed by atoms with van der Waals surface area (Å²) in [6.07, 6.45) is 3.18. The lowest BCUT2D eigenvalue weighted by Crippen LogP contribution is -2.47. The standard InChI is InChI=1S/C11H22N2O2/c1-8-6-5-7-9(8)12-13-10(14)15-11(2,3)4/h8-9,12H,5-7H2,1-4H3,(H,13,14)/t8-,9+/m0/s1. The Kier molecular flexibility index (Phi) is 3.97. The maximum absolute atomic E-state index is 11.3. The average Bonchev–Trinajstić information content (AvgIpc) is 2.44. The van der Waals surface area contributed by atoms with E-state index in [-0.39, 0.29) is 0 Å². The van der Waals surface area contributed by atoms with Gasteiger partial charge in [0.1, 0.15) is 5.60 Å². The van der Waals surface area contributed by atoms with Gasteiger partial charge in [-0.3, -0.25) is 5.43 Å². The Morgan fingerprint density at radius 1 is 1.33 bits per heavy atom. The molecule has 2 atom stereocenters. The summed E-state index contributed by atoms with van der Waals surface area (Å²) in [5.41, 5.74) is 5.19. The molecule has 0 aromatic rings. The molecular formula is C11H22N2O2. The second-order valence-corrected chi connectivity index (χ2v) is 5.29. The highest BCUT2D eigenvalue weighted by atomic mass is 16.6. The van der Waals surface area contributed by atoms with Crippen molar-refractivity contribution in [3.63, 3.8) is 0 Å². The predicted molar refractivity (Wildman–Crippen MR) is 59.3 cm³/mol. The third-order valence-corrected chi connectivity index (χ3v) is 2.62. The van der Waals surface area contributed by atoms with Gasteiger partial charge in [0, 0.05) is 6.04 Å². The zero-order chi connectivity index (χ0) is 11.5. The molecule has 1 saturated carbocycles. The van der Waals surface area contributed by atoms with Crippen LogP contribution < -0.4 is 10.9 Å². The molecule has 0 spiro atoms. The predicted octanol–water partition coefficient (Wildman–Crippen LogP) is 2.20. The Morgan fingerprint density at radius 3 is 2.47 bits per heavy atom. The van der Waals surface area contributed by atoms with Crippen LogP contribution in [0.4, 0.5) is 4.79 Å². The van der Waals surface area contributed by atoms with Gasteiger partial charge in [-0.25, -0.2) is 10.2 Å². The lowest BCUT2D eigenvalue weighted by molar-refractivity contribution is 0.0484. The molecule has 1 rings (SSSR count). The summed E-state index contributed by atoms with van der Waals surface area (Å²) in [7, 11) is 0. The van der Waals surface area contributed by atoms with E-state index >= 15 is 0 Å². The van der Waals surface area contributed by atoms with Gasteiger partial charge in [0.2, 0.25) is 0 Å². The number of nitrogens with one attached hydrogen (secondary N) is 2. The highest BCUT2D eigenvalue weighted by Crippen LogP contribution is 2.24. The van der Waals surface area contributed by atoms with Crippen LogP contribution in [0.1, 0.15) is 47.0 Å². The summed E-state index contributed by atoms with van der Waals surface area (Å²) >= 11 is 0. The fourth-order valence-corrected chi connectivity index (χ4v) is 1.82. The van der Waals surface area contributed by atoms with Gasteiger partial charge in [0.15, 0.2) is 0 Å². The second kappa shape index (κ2) is 4.84. The SMILES string of the molecule is C[C@H]1CCC[C@H]1NNC(=O)OC(C)(C)C. The number of carbonyl (C=O) groups is 1. The van der Waals surface area contributed by atoms with E-state index in [4.69, 9.17) is 4.74 Å². The van der Waals surface area contributed by atoms with Crippen molar-refractivity contribution in [2.75, 3.05) is 0 Å². The largest absolute Gasteiger partial charge is 0.443 e. The lowest BCUT2D eigenvalue weighted by Gasteiger charge is -2.22. The second-order valence-electron chi connectivity index (χ2n) is 5.29. The van der Waals surface area contributed by atoms with Crippen LogP contribution in [0.5, 0.6) is 0 Å². The van der Waals surface area contributed by atoms with Crippen molar-refractivity contribution in [2.45, 2.75) is 58.6 Å². The zero-order valence-electron chi connectivity index (χ0n) is 10.1. The highest BCUT2D eigenvalue weighted by Gasteiger charge is 2.24. The number of hydrazine groups is 1. The number of ether oxygens (including phenoxy) is 1. The molecule has 0 saturated heterocycles. The molecule has 1 aliphatic rings. The monoisotopic (exact) mass is 214 g/mol. The van der Waals surface area contributed by atoms with E-state index in [1.165, 1.54) is 12.8 Å². The Labute approximate surface area is 91.7 Å². The first-order valence-electron chi connectivity index (χ1n) is 5.63. The minimum atomic E-state index is -0.437. The van der Waals surface area contributed by atoms with Crippen molar-refractivity contribution in [1.82, 2.24) is 10.9 Å². The van der Waals surface area contributed by atoms with Crippen molar-refractivity contribution in [1.29, 1.82) is 0 Å². The van der Waals surface area contributed by atoms with E-state index in [9.17, 15) is 4.79 Å². The normalized spacial score (nSPS) is 26.4. The minimum absolute atomic E-state index is 0.387. The van der Waals surface area contributed by atoms with Gasteiger partial charge in [-0.1, -0.05) is 13.3 Å². The van der Waals surface area contributed by atoms with Gasteiger partial charge in [0.25, 0.3) is 0 Å². The quantitative estimate of drug-likeness (QED) is 0.693. The molecule has 0 bridgehead atoms. The van der Waals surface area contributed by atoms with E-state index in [0.29, 0.717) is 12.0 Å². The van der Waals surface area contributed by atoms with Crippen molar-refractivity contribution >= 4 is 6.09 Å². The first-order chi connectivity index (χ1) is 6.88. The van der Waals surface area contributed by atoms with Crippen LogP contribution in [0.3, 0.4) is 0 Å². The smallest absolute Gasteiger partial charge is 0.422 e. The van der Waals surface area contributed by atoms with E-state index in [1.54, 1.807) is 0 Å². The summed E-state index contributed by atoms with van der Waals surface area (Å²) in [5.74, 6) is 0.625. The van der Waals surface area contributed by atoms with Crippen LogP contribution in [0, 0.1) is 5.92 Å². The summed E-state index contributed by atoms with van der Waals surface area (Å²) in [4.78, 5) is 11.3. The van der Waals surface area contributed by atoms with E-state index in [2.05, 4.69) is 17.8 Å². The van der Waals surface area contributed by atoms with Gasteiger partial charge in [-0.05, 0) is 39.5 Å². The van der Waals surface area contributed by atoms with Crippen molar-refractivity contribution in [3.8, 4) is 0 Å². The van der Waals surface area contributed by atoms with Gasteiger partial charge in [-0.15, -0.1) is 0 Å². The van der Waals surface area contributed by atoms with Crippen LogP contribution in [0.2, 0.25) is 0 Å². The molecule has 2 N–H and O–H groups in total. The van der Waals surface area contributed by atoms with Gasteiger partial charge >= 0.3 is 6.09 Å². The highest BCUT2D eigenvalue weighted by molar-refractivity contribution is 5.67. The van der Waals surface area contributed by atoms with Crippen LogP contribution in [-0.4, -0.2) is 17.7 Å². The number of amides is 1. The summed E-state index contributed by atoms with van der Waals surface area (Å²) in [6.45, 7) is 7.75. The average molecular weight is 214 g/mol. The number of rotatable bonds is 2. The number of hydrogen-bond donors (Lipinski definition) is 2. The molecule has 0 heterocycles. The van der Waals surface area contributed by atoms with Crippen molar-refractivity contribution in [2.24, 2.45) is 5.92 Å². The Balaban J connectivity index is 2.22. The fraction of sp³-hybridized carbons (Fsp3) is 0.909. The Morgan fingerprint density at radius 2 is 2.00 bits per heavy atom. The van der Waals surface area contributed by atoms with Crippen LogP contribution in [0.15, 0.2) is 0 Å². The number of hydrogen-bond acceptors (Lipinski definition) is 3. The molecule has 4 nitrogen and oxygen atoms in total. The minimum Gasteiger partial charge on any atom is -0.443 e. The molecule has 0 radical (unpaired) electrons. The third-order valence-electron chi connectivity index (χ3n) is 2.62. The molecule has 0 aromatic heterocycles. The fourth-order valence-electron chi connectivity index (χ4n) is 1.82. The van der Waals surface area contributed by atoms with E-state index in [1.807, 2.05) is 20.8 Å². The van der Waals surface area contributed by atoms with Crippen LogP contribution in [-0.2, 0) is 4.74 Å². The molecule has 0 aromatic carbocycles. The number of carbonyl (C=O) groups excluding carboxylic acids is 1. The van der Waals surface area contributed by atoms with Crippen LogP contribution >= 0.6 is 0 Å². The van der Waals surface area contributed by atoms with Crippen LogP contribution in [0.25, 0.3) is 0 Å². The first kappa shape index (κ1) is 12.3. The molecule has 4 heteroatoms. The first-order valence-corrected chi connectivity index (χ1v) is 5.63. The molecule has 0 aliphatic heterocycles. The van der Waals surface area contributed by atoms with Gasteiger partial charge in [-0.2, -0.15) is 0 Å². The van der Waals surface area contributed by atoms with Crippen molar-refractivity contribution < 1.29 is 9.53 Å².